The molecule has 0 N–H and O–H groups in total. The number of rotatable bonds is 13. The third-order valence-corrected chi connectivity index (χ3v) is 23.3. The van der Waals surface area contributed by atoms with Crippen molar-refractivity contribution >= 4 is 31.8 Å². The second kappa shape index (κ2) is 11.5. The van der Waals surface area contributed by atoms with Gasteiger partial charge in [0.25, 0.3) is 0 Å². The first-order valence-electron chi connectivity index (χ1n) is 11.3. The van der Waals surface area contributed by atoms with Crippen molar-refractivity contribution in [3.63, 3.8) is 0 Å². The van der Waals surface area contributed by atoms with Crippen molar-refractivity contribution in [3.05, 3.63) is 36.7 Å². The minimum atomic E-state index is -3.17. The van der Waals surface area contributed by atoms with E-state index in [0.717, 1.165) is 5.69 Å². The minimum absolute atomic E-state index is 0.127. The van der Waals surface area contributed by atoms with Gasteiger partial charge in [0.1, 0.15) is 0 Å². The van der Waals surface area contributed by atoms with E-state index in [0.29, 0.717) is 4.90 Å². The quantitative estimate of drug-likeness (QED) is 0.315. The monoisotopic (exact) mass is 526 g/mol. The summed E-state index contributed by atoms with van der Waals surface area (Å²) in [6.45, 7) is 8.57. The van der Waals surface area contributed by atoms with Crippen LogP contribution in [0.15, 0.2) is 41.6 Å². The van der Waals surface area contributed by atoms with Crippen LogP contribution in [-0.2, 0) is 9.84 Å². The van der Waals surface area contributed by atoms with Crippen molar-refractivity contribution in [1.29, 1.82) is 0 Å². The van der Waals surface area contributed by atoms with E-state index in [1.807, 2.05) is 16.8 Å². The van der Waals surface area contributed by atoms with Gasteiger partial charge in [-0.2, -0.15) is 0 Å². The van der Waals surface area contributed by atoms with Crippen molar-refractivity contribution in [2.75, 3.05) is 5.75 Å². The first-order valence-corrected chi connectivity index (χ1v) is 20.4. The standard InChI is InChI=1S/C11H11N2O2S.3C4H9.Sn/c1-2-16(14,15)11-6-4-10(5-7-11)13-9-3-8-12-13;3*1-3-4-2;/h4-9H,2H2,1H3;3*1,3-4H2,2H3;. The van der Waals surface area contributed by atoms with Gasteiger partial charge in [-0.1, -0.05) is 0 Å². The summed E-state index contributed by atoms with van der Waals surface area (Å²) in [6.07, 6.45) is 12.2. The molecule has 4 nitrogen and oxygen atoms in total. The molecule has 0 aliphatic heterocycles. The number of aromatic nitrogens is 2. The average molecular weight is 525 g/mol. The Hall–Kier alpha value is -0.821. The Balaban J connectivity index is 2.35. The number of hydrogen-bond donors (Lipinski definition) is 0. The number of sulfone groups is 1. The van der Waals surface area contributed by atoms with Crippen molar-refractivity contribution in [2.45, 2.75) is 84.4 Å². The Bertz CT molecular complexity index is 822. The molecule has 0 saturated heterocycles. The molecule has 2 aromatic rings. The number of hydrogen-bond acceptors (Lipinski definition) is 3. The summed E-state index contributed by atoms with van der Waals surface area (Å²) in [5, 5.41) is 4.71. The average Bonchev–Trinajstić information content (AvgIpc) is 3.24. The molecule has 0 aliphatic carbocycles. The second-order valence-electron chi connectivity index (χ2n) is 8.16. The topological polar surface area (TPSA) is 52.0 Å². The molecule has 0 fully saturated rings. The first-order chi connectivity index (χ1) is 13.9. The first kappa shape index (κ1) is 24.4. The van der Waals surface area contributed by atoms with Gasteiger partial charge in [-0.25, -0.2) is 0 Å². The van der Waals surface area contributed by atoms with Crippen molar-refractivity contribution in [3.8, 4) is 5.69 Å². The molecule has 6 heteroatoms. The molecule has 1 heterocycles. The molecular formula is C23H38N2O2SSn. The van der Waals surface area contributed by atoms with E-state index < -0.39 is 28.2 Å². The SMILES string of the molecule is CCC[CH2][Sn]([CH2]CCC)([CH2]CCC)[c]1cnn(-c2ccc(S(=O)(=O)CC)cc2)c1. The predicted molar refractivity (Wildman–Crippen MR) is 126 cm³/mol. The van der Waals surface area contributed by atoms with Gasteiger partial charge >= 0.3 is 183 Å². The second-order valence-corrected chi connectivity index (χ2v) is 23.7. The van der Waals surface area contributed by atoms with Crippen LogP contribution in [0.4, 0.5) is 0 Å². The molecule has 0 radical (unpaired) electrons. The maximum atomic E-state index is 12.1. The van der Waals surface area contributed by atoms with Crippen LogP contribution in [-0.4, -0.2) is 42.3 Å². The summed E-state index contributed by atoms with van der Waals surface area (Å²) in [5.74, 6) is 0.127. The molecule has 0 saturated carbocycles. The third-order valence-electron chi connectivity index (χ3n) is 6.06. The van der Waals surface area contributed by atoms with Crippen LogP contribution in [0.2, 0.25) is 13.3 Å². The van der Waals surface area contributed by atoms with Crippen LogP contribution in [0.5, 0.6) is 0 Å². The van der Waals surface area contributed by atoms with Gasteiger partial charge in [0.2, 0.25) is 0 Å². The van der Waals surface area contributed by atoms with Crippen LogP contribution in [0.1, 0.15) is 66.2 Å². The van der Waals surface area contributed by atoms with Crippen molar-refractivity contribution < 1.29 is 8.42 Å². The van der Waals surface area contributed by atoms with Gasteiger partial charge in [0, 0.05) is 0 Å². The van der Waals surface area contributed by atoms with Crippen LogP contribution in [0, 0.1) is 0 Å². The molecule has 0 atom stereocenters. The van der Waals surface area contributed by atoms with E-state index in [-0.39, 0.29) is 5.75 Å². The summed E-state index contributed by atoms with van der Waals surface area (Å²) < 4.78 is 31.9. The van der Waals surface area contributed by atoms with Crippen LogP contribution < -0.4 is 3.58 Å². The van der Waals surface area contributed by atoms with Gasteiger partial charge in [-0.3, -0.25) is 0 Å². The van der Waals surface area contributed by atoms with Gasteiger partial charge in [0.15, 0.2) is 0 Å². The maximum absolute atomic E-state index is 12.1. The van der Waals surface area contributed by atoms with E-state index in [9.17, 15) is 8.42 Å². The van der Waals surface area contributed by atoms with E-state index >= 15 is 0 Å². The van der Waals surface area contributed by atoms with Gasteiger partial charge in [-0.05, 0) is 0 Å². The zero-order chi connectivity index (χ0) is 21.3. The summed E-state index contributed by atoms with van der Waals surface area (Å²) in [6, 6.07) is 7.16. The van der Waals surface area contributed by atoms with E-state index in [4.69, 9.17) is 5.10 Å². The van der Waals surface area contributed by atoms with Crippen LogP contribution in [0.25, 0.3) is 5.69 Å². The summed E-state index contributed by atoms with van der Waals surface area (Å²) in [5.41, 5.74) is 0.938. The van der Waals surface area contributed by atoms with Gasteiger partial charge < -0.3 is 0 Å². The zero-order valence-electron chi connectivity index (χ0n) is 18.7. The fourth-order valence-electron chi connectivity index (χ4n) is 4.06. The third kappa shape index (κ3) is 6.33. The molecule has 0 spiro atoms. The summed E-state index contributed by atoms with van der Waals surface area (Å²) in [4.78, 5) is 0.387. The molecule has 162 valence electrons. The molecule has 0 aliphatic rings. The summed E-state index contributed by atoms with van der Waals surface area (Å²) in [7, 11) is -3.17. The molecule has 1 aromatic carbocycles. The van der Waals surface area contributed by atoms with Crippen LogP contribution in [0.3, 0.4) is 0 Å². The molecule has 0 unspecified atom stereocenters. The normalized spacial score (nSPS) is 12.4. The Labute approximate surface area is 181 Å². The molecular weight excluding hydrogens is 487 g/mol. The molecule has 0 bridgehead atoms. The molecule has 2 rings (SSSR count). The molecule has 1 aromatic heterocycles. The predicted octanol–water partition coefficient (Wildman–Crippen LogP) is 5.72. The van der Waals surface area contributed by atoms with Gasteiger partial charge in [-0.15, -0.1) is 0 Å². The fraction of sp³-hybridized carbons (Fsp3) is 0.609. The summed E-state index contributed by atoms with van der Waals surface area (Å²) >= 11 is -2.48. The Kier molecular flexibility index (Phi) is 9.73. The Morgan fingerprint density at radius 1 is 0.862 bits per heavy atom. The number of nitrogens with zero attached hydrogens (tertiary/aromatic N) is 2. The van der Waals surface area contributed by atoms with Crippen molar-refractivity contribution in [1.82, 2.24) is 9.78 Å². The van der Waals surface area contributed by atoms with Gasteiger partial charge in [0.05, 0.1) is 0 Å². The number of benzene rings is 1. The number of unbranched alkanes of at least 4 members (excludes halogenated alkanes) is 3. The van der Waals surface area contributed by atoms with E-state index in [2.05, 4.69) is 33.2 Å². The Morgan fingerprint density at radius 2 is 1.38 bits per heavy atom. The van der Waals surface area contributed by atoms with Crippen molar-refractivity contribution in [2.24, 2.45) is 0 Å². The molecule has 0 amide bonds. The fourth-order valence-corrected chi connectivity index (χ4v) is 20.5. The van der Waals surface area contributed by atoms with Crippen LogP contribution >= 0.6 is 0 Å². The Morgan fingerprint density at radius 3 is 1.83 bits per heavy atom. The van der Waals surface area contributed by atoms with E-state index in [1.165, 1.54) is 51.8 Å². The zero-order valence-corrected chi connectivity index (χ0v) is 22.3. The molecule has 29 heavy (non-hydrogen) atoms. The van der Waals surface area contributed by atoms with E-state index in [1.54, 1.807) is 22.6 Å².